The average molecular weight is 410 g/mol. The second-order valence-corrected chi connectivity index (χ2v) is 7.68. The summed E-state index contributed by atoms with van der Waals surface area (Å²) in [5, 5.41) is 2.86. The van der Waals surface area contributed by atoms with Gasteiger partial charge in [0, 0.05) is 15.5 Å². The van der Waals surface area contributed by atoms with Gasteiger partial charge in [-0.1, -0.05) is 44.5 Å². The number of rotatable bonds is 3. The quantitative estimate of drug-likeness (QED) is 0.556. The number of Topliss-reactive ketones (excluding diaryl/α,β-unsaturated/α-hetero) is 1. The predicted molar refractivity (Wildman–Crippen MR) is 100 cm³/mol. The molecule has 24 heavy (non-hydrogen) atoms. The summed E-state index contributed by atoms with van der Waals surface area (Å²) in [6.45, 7) is 7.49. The fourth-order valence-corrected chi connectivity index (χ4v) is 3.38. The van der Waals surface area contributed by atoms with Crippen LogP contribution >= 0.6 is 27.5 Å². The number of nitrogens with one attached hydrogen (secondary N) is 1. The molecule has 126 valence electrons. The number of aromatic nitrogens is 1. The lowest BCUT2D eigenvalue weighted by Gasteiger charge is -2.20. The van der Waals surface area contributed by atoms with Crippen molar-refractivity contribution in [3.8, 4) is 0 Å². The zero-order valence-electron chi connectivity index (χ0n) is 13.9. The second-order valence-electron chi connectivity index (χ2n) is 6.46. The van der Waals surface area contributed by atoms with Gasteiger partial charge in [-0.2, -0.15) is 0 Å². The molecule has 1 N–H and O–H groups in total. The Morgan fingerprint density at radius 2 is 1.79 bits per heavy atom. The van der Waals surface area contributed by atoms with Crippen LogP contribution in [0.1, 0.15) is 54.1 Å². The van der Waals surface area contributed by atoms with Crippen molar-refractivity contribution in [3.05, 3.63) is 56.8 Å². The standard InChI is InChI=1S/C18H18BrClN2O2/c1-10(23)11-7-5-6-8-14(11)21-17(24)12-9-13(19)15(18(2,3)4)22-16(12)20/h5-9H,1-4H3,(H,21,24). The molecule has 0 bridgehead atoms. The van der Waals surface area contributed by atoms with Crippen LogP contribution in [-0.4, -0.2) is 16.7 Å². The SMILES string of the molecule is CC(=O)c1ccccc1NC(=O)c1cc(Br)c(C(C)(C)C)nc1Cl. The summed E-state index contributed by atoms with van der Waals surface area (Å²) < 4.78 is 0.712. The molecule has 0 aliphatic heterocycles. The number of pyridine rings is 1. The summed E-state index contributed by atoms with van der Waals surface area (Å²) >= 11 is 9.66. The Balaban J connectivity index is 2.38. The first-order valence-electron chi connectivity index (χ1n) is 7.39. The number of ketones is 1. The molecule has 0 spiro atoms. The molecular weight excluding hydrogens is 392 g/mol. The van der Waals surface area contributed by atoms with E-state index >= 15 is 0 Å². The Bertz CT molecular complexity index is 813. The number of nitrogens with zero attached hydrogens (tertiary/aromatic N) is 1. The zero-order chi connectivity index (χ0) is 18.1. The van der Waals surface area contributed by atoms with E-state index < -0.39 is 5.91 Å². The van der Waals surface area contributed by atoms with Crippen LogP contribution in [0.3, 0.4) is 0 Å². The third-order valence-corrected chi connectivity index (χ3v) is 4.33. The number of para-hydroxylation sites is 1. The largest absolute Gasteiger partial charge is 0.321 e. The van der Waals surface area contributed by atoms with Gasteiger partial charge in [0.1, 0.15) is 5.15 Å². The average Bonchev–Trinajstić information content (AvgIpc) is 2.48. The van der Waals surface area contributed by atoms with Crippen LogP contribution in [-0.2, 0) is 5.41 Å². The van der Waals surface area contributed by atoms with Crippen molar-refractivity contribution >= 4 is 44.9 Å². The topological polar surface area (TPSA) is 59.1 Å². The van der Waals surface area contributed by atoms with Gasteiger partial charge in [0.05, 0.1) is 16.9 Å². The van der Waals surface area contributed by atoms with Crippen LogP contribution < -0.4 is 5.32 Å². The van der Waals surface area contributed by atoms with Gasteiger partial charge in [0.25, 0.3) is 5.91 Å². The number of carbonyl (C=O) groups is 2. The third kappa shape index (κ3) is 4.02. The van der Waals surface area contributed by atoms with Gasteiger partial charge in [-0.15, -0.1) is 0 Å². The van der Waals surface area contributed by atoms with Gasteiger partial charge in [0.15, 0.2) is 5.78 Å². The summed E-state index contributed by atoms with van der Waals surface area (Å²) in [6, 6.07) is 8.49. The van der Waals surface area contributed by atoms with Crippen LogP contribution in [0.25, 0.3) is 0 Å². The predicted octanol–water partition coefficient (Wildman–Crippen LogP) is 5.25. The van der Waals surface area contributed by atoms with Crippen molar-refractivity contribution in [3.63, 3.8) is 0 Å². The van der Waals surface area contributed by atoms with Crippen molar-refractivity contribution in [2.24, 2.45) is 0 Å². The molecule has 0 atom stereocenters. The van der Waals surface area contributed by atoms with E-state index in [2.05, 4.69) is 26.2 Å². The molecule has 0 aliphatic rings. The molecule has 1 heterocycles. The highest BCUT2D eigenvalue weighted by molar-refractivity contribution is 9.10. The molecule has 0 radical (unpaired) electrons. The molecule has 1 aromatic heterocycles. The van der Waals surface area contributed by atoms with Crippen LogP contribution in [0.4, 0.5) is 5.69 Å². The minimum absolute atomic E-state index is 0.126. The summed E-state index contributed by atoms with van der Waals surface area (Å²) in [5.41, 5.74) is 1.70. The van der Waals surface area contributed by atoms with E-state index in [4.69, 9.17) is 11.6 Å². The monoisotopic (exact) mass is 408 g/mol. The molecule has 0 unspecified atom stereocenters. The molecule has 2 rings (SSSR count). The fraction of sp³-hybridized carbons (Fsp3) is 0.278. The third-order valence-electron chi connectivity index (χ3n) is 3.44. The van der Waals surface area contributed by atoms with Gasteiger partial charge in [-0.25, -0.2) is 4.98 Å². The van der Waals surface area contributed by atoms with Crippen LogP contribution in [0.2, 0.25) is 5.15 Å². The van der Waals surface area contributed by atoms with Gasteiger partial charge in [-0.05, 0) is 41.1 Å². The number of carbonyl (C=O) groups excluding carboxylic acids is 2. The maximum atomic E-state index is 12.6. The van der Waals surface area contributed by atoms with Crippen LogP contribution in [0.5, 0.6) is 0 Å². The van der Waals surface area contributed by atoms with Gasteiger partial charge in [-0.3, -0.25) is 9.59 Å². The Hall–Kier alpha value is -1.72. The first kappa shape index (κ1) is 18.6. The van der Waals surface area contributed by atoms with E-state index in [1.807, 2.05) is 20.8 Å². The first-order chi connectivity index (χ1) is 11.1. The molecule has 1 aromatic carbocycles. The molecule has 0 saturated heterocycles. The molecule has 0 saturated carbocycles. The van der Waals surface area contributed by atoms with Gasteiger partial charge >= 0.3 is 0 Å². The lowest BCUT2D eigenvalue weighted by molar-refractivity contribution is 0.101. The zero-order valence-corrected chi connectivity index (χ0v) is 16.2. The van der Waals surface area contributed by atoms with Crippen molar-refractivity contribution in [1.82, 2.24) is 4.98 Å². The van der Waals surface area contributed by atoms with E-state index in [1.54, 1.807) is 30.3 Å². The molecule has 6 heteroatoms. The van der Waals surface area contributed by atoms with Gasteiger partial charge in [0.2, 0.25) is 0 Å². The Morgan fingerprint density at radius 3 is 2.38 bits per heavy atom. The minimum Gasteiger partial charge on any atom is -0.321 e. The number of anilines is 1. The normalized spacial score (nSPS) is 11.2. The molecule has 0 fully saturated rings. The minimum atomic E-state index is -0.414. The Kier molecular flexibility index (Phi) is 5.45. The lowest BCUT2D eigenvalue weighted by Crippen LogP contribution is -2.19. The molecule has 4 nitrogen and oxygen atoms in total. The summed E-state index contributed by atoms with van der Waals surface area (Å²) in [5.74, 6) is -0.540. The van der Waals surface area contributed by atoms with Crippen molar-refractivity contribution in [1.29, 1.82) is 0 Å². The summed E-state index contributed by atoms with van der Waals surface area (Å²) in [4.78, 5) is 28.6. The van der Waals surface area contributed by atoms with Gasteiger partial charge < -0.3 is 5.32 Å². The summed E-state index contributed by atoms with van der Waals surface area (Å²) in [7, 11) is 0. The van der Waals surface area contributed by atoms with E-state index in [9.17, 15) is 9.59 Å². The number of amides is 1. The van der Waals surface area contributed by atoms with E-state index in [0.717, 1.165) is 5.69 Å². The van der Waals surface area contributed by atoms with Crippen molar-refractivity contribution < 1.29 is 9.59 Å². The highest BCUT2D eigenvalue weighted by Crippen LogP contribution is 2.31. The van der Waals surface area contributed by atoms with Crippen LogP contribution in [0.15, 0.2) is 34.8 Å². The fourth-order valence-electron chi connectivity index (χ4n) is 2.24. The van der Waals surface area contributed by atoms with Crippen molar-refractivity contribution in [2.45, 2.75) is 33.1 Å². The highest BCUT2D eigenvalue weighted by Gasteiger charge is 2.23. The molecular formula is C18H18BrClN2O2. The Labute approximate surface area is 154 Å². The Morgan fingerprint density at radius 1 is 1.17 bits per heavy atom. The number of hydrogen-bond acceptors (Lipinski definition) is 3. The maximum absolute atomic E-state index is 12.6. The number of halogens is 2. The maximum Gasteiger partial charge on any atom is 0.258 e. The summed E-state index contributed by atoms with van der Waals surface area (Å²) in [6.07, 6.45) is 0. The second kappa shape index (κ2) is 7.03. The van der Waals surface area contributed by atoms with E-state index in [-0.39, 0.29) is 21.9 Å². The first-order valence-corrected chi connectivity index (χ1v) is 8.56. The number of hydrogen-bond donors (Lipinski definition) is 1. The molecule has 0 aliphatic carbocycles. The number of benzene rings is 1. The smallest absolute Gasteiger partial charge is 0.258 e. The van der Waals surface area contributed by atoms with E-state index in [1.165, 1.54) is 6.92 Å². The molecule has 1 amide bonds. The van der Waals surface area contributed by atoms with E-state index in [0.29, 0.717) is 15.7 Å². The highest BCUT2D eigenvalue weighted by atomic mass is 79.9. The van der Waals surface area contributed by atoms with Crippen LogP contribution in [0, 0.1) is 0 Å². The lowest BCUT2D eigenvalue weighted by atomic mass is 9.91. The molecule has 2 aromatic rings. The van der Waals surface area contributed by atoms with Crippen molar-refractivity contribution in [2.75, 3.05) is 5.32 Å².